The monoisotopic (exact) mass is 379 g/mol. The van der Waals surface area contributed by atoms with Gasteiger partial charge in [-0.1, -0.05) is 41.9 Å². The number of carbonyl (C=O) groups excluding carboxylic acids is 2. The molecule has 1 aromatic heterocycles. The summed E-state index contributed by atoms with van der Waals surface area (Å²) < 4.78 is 0. The van der Waals surface area contributed by atoms with Crippen molar-refractivity contribution >= 4 is 29.1 Å². The number of pyridine rings is 1. The first-order valence-electron chi connectivity index (χ1n) is 8.47. The number of rotatable bonds is 6. The lowest BCUT2D eigenvalue weighted by Crippen LogP contribution is -2.26. The molecule has 5 nitrogen and oxygen atoms in total. The van der Waals surface area contributed by atoms with E-state index in [0.717, 1.165) is 12.0 Å². The zero-order chi connectivity index (χ0) is 19.1. The second-order valence-corrected chi connectivity index (χ2v) is 6.32. The van der Waals surface area contributed by atoms with Crippen molar-refractivity contribution in [1.29, 1.82) is 0 Å². The number of amides is 2. The molecule has 0 bridgehead atoms. The molecule has 0 radical (unpaired) electrons. The Morgan fingerprint density at radius 2 is 1.67 bits per heavy atom. The van der Waals surface area contributed by atoms with Gasteiger partial charge >= 0.3 is 0 Å². The van der Waals surface area contributed by atoms with E-state index in [1.807, 2.05) is 30.3 Å². The van der Waals surface area contributed by atoms with Gasteiger partial charge in [0, 0.05) is 29.0 Å². The number of nitrogens with one attached hydrogen (secondary N) is 2. The van der Waals surface area contributed by atoms with Gasteiger partial charge in [-0.25, -0.2) is 0 Å². The smallest absolute Gasteiger partial charge is 0.274 e. The summed E-state index contributed by atoms with van der Waals surface area (Å²) in [5, 5.41) is 6.16. The minimum absolute atomic E-state index is 0.167. The summed E-state index contributed by atoms with van der Waals surface area (Å²) in [7, 11) is 0. The number of nitrogens with zero attached hydrogens (tertiary/aromatic N) is 1. The van der Waals surface area contributed by atoms with Gasteiger partial charge in [-0.3, -0.25) is 14.6 Å². The first-order valence-corrected chi connectivity index (χ1v) is 8.85. The first kappa shape index (κ1) is 18.6. The van der Waals surface area contributed by atoms with Gasteiger partial charge in [0.2, 0.25) is 0 Å². The SMILES string of the molecule is O=C(NCCc1ccccc1)c1ccnc(C(=O)Nc2ccc(Cl)cc2)c1. The summed E-state index contributed by atoms with van der Waals surface area (Å²) in [6.45, 7) is 0.511. The summed E-state index contributed by atoms with van der Waals surface area (Å²) in [6, 6.07) is 19.7. The minimum atomic E-state index is -0.392. The Labute approximate surface area is 162 Å². The van der Waals surface area contributed by atoms with Crippen LogP contribution in [0, 0.1) is 0 Å². The molecule has 0 aliphatic carbocycles. The summed E-state index contributed by atoms with van der Waals surface area (Å²) in [5.74, 6) is -0.634. The van der Waals surface area contributed by atoms with Gasteiger partial charge in [-0.05, 0) is 48.4 Å². The Kier molecular flexibility index (Phi) is 6.18. The maximum Gasteiger partial charge on any atom is 0.274 e. The van der Waals surface area contributed by atoms with E-state index in [-0.39, 0.29) is 11.6 Å². The van der Waals surface area contributed by atoms with Gasteiger partial charge < -0.3 is 10.6 Å². The first-order chi connectivity index (χ1) is 13.1. The van der Waals surface area contributed by atoms with Gasteiger partial charge in [0.05, 0.1) is 0 Å². The van der Waals surface area contributed by atoms with Gasteiger partial charge in [0.15, 0.2) is 0 Å². The van der Waals surface area contributed by atoms with Crippen molar-refractivity contribution in [2.45, 2.75) is 6.42 Å². The molecule has 3 rings (SSSR count). The van der Waals surface area contributed by atoms with Crippen molar-refractivity contribution in [2.24, 2.45) is 0 Å². The highest BCUT2D eigenvalue weighted by Crippen LogP contribution is 2.14. The van der Waals surface area contributed by atoms with Crippen LogP contribution in [0.15, 0.2) is 72.9 Å². The van der Waals surface area contributed by atoms with E-state index < -0.39 is 5.91 Å². The molecule has 0 saturated carbocycles. The molecule has 3 aromatic rings. The summed E-state index contributed by atoms with van der Waals surface area (Å²) in [5.41, 5.74) is 2.31. The van der Waals surface area contributed by atoms with Crippen LogP contribution in [0.3, 0.4) is 0 Å². The number of hydrogen-bond donors (Lipinski definition) is 2. The maximum absolute atomic E-state index is 12.3. The molecule has 0 spiro atoms. The fraction of sp³-hybridized carbons (Fsp3) is 0.0952. The predicted octanol–water partition coefficient (Wildman–Crippen LogP) is 3.96. The molecule has 6 heteroatoms. The van der Waals surface area contributed by atoms with E-state index in [1.54, 1.807) is 30.3 Å². The van der Waals surface area contributed by atoms with Crippen LogP contribution < -0.4 is 10.6 Å². The Balaban J connectivity index is 1.59. The topological polar surface area (TPSA) is 71.1 Å². The zero-order valence-electron chi connectivity index (χ0n) is 14.5. The van der Waals surface area contributed by atoms with Crippen molar-refractivity contribution in [3.63, 3.8) is 0 Å². The molecule has 0 unspecified atom stereocenters. The second-order valence-electron chi connectivity index (χ2n) is 5.88. The van der Waals surface area contributed by atoms with Crippen LogP contribution in [-0.4, -0.2) is 23.3 Å². The van der Waals surface area contributed by atoms with E-state index in [4.69, 9.17) is 11.6 Å². The third-order valence-electron chi connectivity index (χ3n) is 3.90. The molecule has 2 N–H and O–H groups in total. The molecule has 2 aromatic carbocycles. The molecule has 0 aliphatic heterocycles. The molecule has 27 heavy (non-hydrogen) atoms. The fourth-order valence-corrected chi connectivity index (χ4v) is 2.62. The van der Waals surface area contributed by atoms with Crippen LogP contribution in [0.2, 0.25) is 5.02 Å². The molecule has 0 aliphatic rings. The van der Waals surface area contributed by atoms with Crippen LogP contribution in [0.25, 0.3) is 0 Å². The maximum atomic E-state index is 12.3. The average Bonchev–Trinajstić information content (AvgIpc) is 2.70. The van der Waals surface area contributed by atoms with Crippen LogP contribution in [0.4, 0.5) is 5.69 Å². The third-order valence-corrected chi connectivity index (χ3v) is 4.15. The molecular weight excluding hydrogens is 362 g/mol. The number of halogens is 1. The number of carbonyl (C=O) groups is 2. The molecule has 0 atom stereocenters. The summed E-state index contributed by atoms with van der Waals surface area (Å²) >= 11 is 5.83. The lowest BCUT2D eigenvalue weighted by Gasteiger charge is -2.08. The van der Waals surface area contributed by atoms with Gasteiger partial charge in [-0.2, -0.15) is 0 Å². The van der Waals surface area contributed by atoms with E-state index in [1.165, 1.54) is 12.3 Å². The number of benzene rings is 2. The standard InChI is InChI=1S/C21H18ClN3O2/c22-17-6-8-18(9-7-17)25-21(27)19-14-16(11-13-23-19)20(26)24-12-10-15-4-2-1-3-5-15/h1-9,11,13-14H,10,12H2,(H,24,26)(H,25,27). The average molecular weight is 380 g/mol. The van der Waals surface area contributed by atoms with Crippen molar-refractivity contribution in [3.8, 4) is 0 Å². The van der Waals surface area contributed by atoms with E-state index >= 15 is 0 Å². The highest BCUT2D eigenvalue weighted by molar-refractivity contribution is 6.30. The van der Waals surface area contributed by atoms with Crippen LogP contribution in [-0.2, 0) is 6.42 Å². The van der Waals surface area contributed by atoms with Crippen LogP contribution >= 0.6 is 11.6 Å². The fourth-order valence-electron chi connectivity index (χ4n) is 2.49. The normalized spacial score (nSPS) is 10.3. The molecule has 0 fully saturated rings. The highest BCUT2D eigenvalue weighted by atomic mass is 35.5. The van der Waals surface area contributed by atoms with Crippen LogP contribution in [0.5, 0.6) is 0 Å². The number of hydrogen-bond acceptors (Lipinski definition) is 3. The zero-order valence-corrected chi connectivity index (χ0v) is 15.2. The number of anilines is 1. The van der Waals surface area contributed by atoms with Crippen molar-refractivity contribution in [1.82, 2.24) is 10.3 Å². The largest absolute Gasteiger partial charge is 0.352 e. The minimum Gasteiger partial charge on any atom is -0.352 e. The van der Waals surface area contributed by atoms with Crippen molar-refractivity contribution in [3.05, 3.63) is 94.8 Å². The summed E-state index contributed by atoms with van der Waals surface area (Å²) in [4.78, 5) is 28.7. The van der Waals surface area contributed by atoms with Gasteiger partial charge in [0.1, 0.15) is 5.69 Å². The van der Waals surface area contributed by atoms with Gasteiger partial charge in [0.25, 0.3) is 11.8 Å². The molecule has 2 amide bonds. The highest BCUT2D eigenvalue weighted by Gasteiger charge is 2.12. The number of aromatic nitrogens is 1. The quantitative estimate of drug-likeness (QED) is 0.681. The van der Waals surface area contributed by atoms with Crippen molar-refractivity contribution < 1.29 is 9.59 Å². The lowest BCUT2D eigenvalue weighted by atomic mass is 10.1. The third kappa shape index (κ3) is 5.39. The Morgan fingerprint density at radius 1 is 0.926 bits per heavy atom. The molecular formula is C21H18ClN3O2. The van der Waals surface area contributed by atoms with Crippen LogP contribution in [0.1, 0.15) is 26.4 Å². The molecule has 0 saturated heterocycles. The summed E-state index contributed by atoms with van der Waals surface area (Å²) in [6.07, 6.45) is 2.18. The van der Waals surface area contributed by atoms with Gasteiger partial charge in [-0.15, -0.1) is 0 Å². The Bertz CT molecular complexity index is 928. The Hall–Kier alpha value is -3.18. The second kappa shape index (κ2) is 8.96. The van der Waals surface area contributed by atoms with E-state index in [0.29, 0.717) is 22.8 Å². The lowest BCUT2D eigenvalue weighted by molar-refractivity contribution is 0.0954. The van der Waals surface area contributed by atoms with E-state index in [2.05, 4.69) is 15.6 Å². The molecule has 136 valence electrons. The van der Waals surface area contributed by atoms with Crippen molar-refractivity contribution in [2.75, 3.05) is 11.9 Å². The predicted molar refractivity (Wildman–Crippen MR) is 106 cm³/mol. The van der Waals surface area contributed by atoms with E-state index in [9.17, 15) is 9.59 Å². The Morgan fingerprint density at radius 3 is 2.41 bits per heavy atom. The molecule has 1 heterocycles.